The van der Waals surface area contributed by atoms with Crippen LogP contribution in [0.2, 0.25) is 0 Å². The molecule has 88 valence electrons. The van der Waals surface area contributed by atoms with E-state index in [0.29, 0.717) is 12.1 Å². The van der Waals surface area contributed by atoms with Gasteiger partial charge in [0.15, 0.2) is 0 Å². The Morgan fingerprint density at radius 1 is 1.33 bits per heavy atom. The highest BCUT2D eigenvalue weighted by Gasteiger charge is 2.27. The van der Waals surface area contributed by atoms with Crippen LogP contribution in [-0.4, -0.2) is 22.4 Å². The third-order valence-electron chi connectivity index (χ3n) is 3.40. The summed E-state index contributed by atoms with van der Waals surface area (Å²) >= 11 is 0. The van der Waals surface area contributed by atoms with Crippen molar-refractivity contribution < 1.29 is 5.21 Å². The van der Waals surface area contributed by atoms with E-state index in [0.717, 1.165) is 25.7 Å². The van der Waals surface area contributed by atoms with Gasteiger partial charge in [-0.05, 0) is 25.7 Å². The van der Waals surface area contributed by atoms with Crippen LogP contribution in [0.25, 0.3) is 0 Å². The fourth-order valence-corrected chi connectivity index (χ4v) is 2.48. The molecule has 1 saturated heterocycles. The molecule has 2 atom stereocenters. The second-order valence-corrected chi connectivity index (χ2v) is 4.64. The molecule has 0 spiro atoms. The van der Waals surface area contributed by atoms with Crippen molar-refractivity contribution >= 4 is 0 Å². The normalized spacial score (nSPS) is 27.9. The molecule has 1 aliphatic heterocycles. The standard InChI is InChI=1S/C13H25NO/c1-3-5-6-9-13-11-7-10-12(8-4-2)14(13)15/h4,12-13,15H,2-3,5-11H2,1H3. The van der Waals surface area contributed by atoms with Crippen LogP contribution >= 0.6 is 0 Å². The van der Waals surface area contributed by atoms with Crippen LogP contribution in [-0.2, 0) is 0 Å². The Kier molecular flexibility index (Phi) is 5.96. The molecule has 0 aromatic carbocycles. The molecule has 0 radical (unpaired) electrons. The van der Waals surface area contributed by atoms with Crippen molar-refractivity contribution in [2.24, 2.45) is 0 Å². The number of piperidine rings is 1. The van der Waals surface area contributed by atoms with E-state index in [9.17, 15) is 5.21 Å². The lowest BCUT2D eigenvalue weighted by atomic mass is 9.93. The lowest BCUT2D eigenvalue weighted by molar-refractivity contribution is -0.178. The van der Waals surface area contributed by atoms with Crippen molar-refractivity contribution in [2.45, 2.75) is 70.4 Å². The molecule has 2 heteroatoms. The number of unbranched alkanes of at least 4 members (excludes halogenated alkanes) is 2. The van der Waals surface area contributed by atoms with Gasteiger partial charge in [-0.2, -0.15) is 5.06 Å². The van der Waals surface area contributed by atoms with E-state index >= 15 is 0 Å². The van der Waals surface area contributed by atoms with Crippen LogP contribution in [0.5, 0.6) is 0 Å². The molecule has 0 aliphatic carbocycles. The molecule has 2 unspecified atom stereocenters. The summed E-state index contributed by atoms with van der Waals surface area (Å²) in [5.41, 5.74) is 0. The Bertz CT molecular complexity index is 181. The van der Waals surface area contributed by atoms with Gasteiger partial charge in [0.1, 0.15) is 0 Å². The second kappa shape index (κ2) is 7.02. The van der Waals surface area contributed by atoms with Crippen molar-refractivity contribution in [1.82, 2.24) is 5.06 Å². The number of nitrogens with zero attached hydrogens (tertiary/aromatic N) is 1. The summed E-state index contributed by atoms with van der Waals surface area (Å²) in [7, 11) is 0. The van der Waals surface area contributed by atoms with E-state index in [1.54, 1.807) is 5.06 Å². The molecule has 0 amide bonds. The van der Waals surface area contributed by atoms with Gasteiger partial charge < -0.3 is 5.21 Å². The summed E-state index contributed by atoms with van der Waals surface area (Å²) in [5, 5.41) is 11.7. The van der Waals surface area contributed by atoms with Gasteiger partial charge in [-0.1, -0.05) is 38.7 Å². The number of hydrogen-bond acceptors (Lipinski definition) is 2. The van der Waals surface area contributed by atoms with Crippen molar-refractivity contribution in [3.05, 3.63) is 12.7 Å². The van der Waals surface area contributed by atoms with E-state index in [4.69, 9.17) is 0 Å². The molecule has 15 heavy (non-hydrogen) atoms. The number of hydrogen-bond donors (Lipinski definition) is 1. The fourth-order valence-electron chi connectivity index (χ4n) is 2.48. The topological polar surface area (TPSA) is 23.5 Å². The second-order valence-electron chi connectivity index (χ2n) is 4.64. The smallest absolute Gasteiger partial charge is 0.0387 e. The van der Waals surface area contributed by atoms with Gasteiger partial charge in [-0.15, -0.1) is 6.58 Å². The fraction of sp³-hybridized carbons (Fsp3) is 0.846. The van der Waals surface area contributed by atoms with E-state index in [2.05, 4.69) is 13.5 Å². The predicted octanol–water partition coefficient (Wildman–Crippen LogP) is 3.76. The molecular formula is C13H25NO. The molecule has 1 rings (SSSR count). The molecule has 0 bridgehead atoms. The van der Waals surface area contributed by atoms with Crippen LogP contribution < -0.4 is 0 Å². The number of rotatable bonds is 6. The third-order valence-corrected chi connectivity index (χ3v) is 3.40. The average Bonchev–Trinajstić information content (AvgIpc) is 2.24. The maximum absolute atomic E-state index is 10.0. The van der Waals surface area contributed by atoms with Crippen LogP contribution in [0, 0.1) is 0 Å². The summed E-state index contributed by atoms with van der Waals surface area (Å²) in [6, 6.07) is 0.720. The Hall–Kier alpha value is -0.340. The Balaban J connectivity index is 2.33. The van der Waals surface area contributed by atoms with E-state index in [1.165, 1.54) is 25.7 Å². The van der Waals surface area contributed by atoms with Crippen molar-refractivity contribution in [1.29, 1.82) is 0 Å². The van der Waals surface area contributed by atoms with Gasteiger partial charge in [-0.3, -0.25) is 0 Å². The minimum atomic E-state index is 0.322. The minimum Gasteiger partial charge on any atom is -0.313 e. The zero-order valence-corrected chi connectivity index (χ0v) is 9.99. The monoisotopic (exact) mass is 211 g/mol. The first-order valence-electron chi connectivity index (χ1n) is 6.37. The summed E-state index contributed by atoms with van der Waals surface area (Å²) < 4.78 is 0. The highest BCUT2D eigenvalue weighted by Crippen LogP contribution is 2.26. The molecule has 0 saturated carbocycles. The Labute approximate surface area is 93.9 Å². The third kappa shape index (κ3) is 3.96. The predicted molar refractivity (Wildman–Crippen MR) is 64.0 cm³/mol. The SMILES string of the molecule is C=CCC1CCCC(CCCCC)N1O. The summed E-state index contributed by atoms with van der Waals surface area (Å²) in [4.78, 5) is 0. The minimum absolute atomic E-state index is 0.322. The summed E-state index contributed by atoms with van der Waals surface area (Å²) in [6.07, 6.45) is 11.3. The highest BCUT2D eigenvalue weighted by molar-refractivity contribution is 4.84. The maximum atomic E-state index is 10.0. The van der Waals surface area contributed by atoms with Gasteiger partial charge in [-0.25, -0.2) is 0 Å². The van der Waals surface area contributed by atoms with Gasteiger partial charge >= 0.3 is 0 Å². The quantitative estimate of drug-likeness (QED) is 0.534. The van der Waals surface area contributed by atoms with E-state index in [-0.39, 0.29) is 0 Å². The van der Waals surface area contributed by atoms with Gasteiger partial charge in [0.25, 0.3) is 0 Å². The highest BCUT2D eigenvalue weighted by atomic mass is 16.5. The molecule has 0 aromatic heterocycles. The first-order chi connectivity index (χ1) is 7.29. The van der Waals surface area contributed by atoms with Crippen LogP contribution in [0.15, 0.2) is 12.7 Å². The van der Waals surface area contributed by atoms with Crippen LogP contribution in [0.1, 0.15) is 58.3 Å². The zero-order valence-electron chi connectivity index (χ0n) is 9.99. The van der Waals surface area contributed by atoms with Crippen molar-refractivity contribution in [3.8, 4) is 0 Å². The van der Waals surface area contributed by atoms with Crippen LogP contribution in [0.4, 0.5) is 0 Å². The zero-order chi connectivity index (χ0) is 11.1. The van der Waals surface area contributed by atoms with E-state index in [1.807, 2.05) is 6.08 Å². The van der Waals surface area contributed by atoms with Gasteiger partial charge in [0, 0.05) is 12.1 Å². The summed E-state index contributed by atoms with van der Waals surface area (Å²) in [5.74, 6) is 0. The first-order valence-corrected chi connectivity index (χ1v) is 6.37. The lowest BCUT2D eigenvalue weighted by Gasteiger charge is -2.37. The molecule has 1 fully saturated rings. The number of hydroxylamine groups is 2. The van der Waals surface area contributed by atoms with Crippen LogP contribution in [0.3, 0.4) is 0 Å². The summed E-state index contributed by atoms with van der Waals surface area (Å²) in [6.45, 7) is 5.97. The van der Waals surface area contributed by atoms with Gasteiger partial charge in [0.05, 0.1) is 0 Å². The average molecular weight is 211 g/mol. The molecule has 1 N–H and O–H groups in total. The molecule has 0 aromatic rings. The molecule has 1 aliphatic rings. The molecule has 2 nitrogen and oxygen atoms in total. The maximum Gasteiger partial charge on any atom is 0.0387 e. The largest absolute Gasteiger partial charge is 0.313 e. The first kappa shape index (κ1) is 12.7. The van der Waals surface area contributed by atoms with Crippen molar-refractivity contribution in [2.75, 3.05) is 0 Å². The Morgan fingerprint density at radius 2 is 2.07 bits per heavy atom. The van der Waals surface area contributed by atoms with Crippen molar-refractivity contribution in [3.63, 3.8) is 0 Å². The Morgan fingerprint density at radius 3 is 2.73 bits per heavy atom. The van der Waals surface area contributed by atoms with E-state index < -0.39 is 0 Å². The molecule has 1 heterocycles. The lowest BCUT2D eigenvalue weighted by Crippen LogP contribution is -2.44. The molecular weight excluding hydrogens is 186 g/mol. The van der Waals surface area contributed by atoms with Gasteiger partial charge in [0.2, 0.25) is 0 Å².